The van der Waals surface area contributed by atoms with E-state index in [2.05, 4.69) is 4.98 Å². The Morgan fingerprint density at radius 2 is 2.16 bits per heavy atom. The number of halogens is 1. The largest absolute Gasteiger partial charge is 0.494 e. The summed E-state index contributed by atoms with van der Waals surface area (Å²) in [6.07, 6.45) is 0. The number of ether oxygens (including phenoxy) is 2. The third-order valence-electron chi connectivity index (χ3n) is 2.36. The van der Waals surface area contributed by atoms with Crippen molar-refractivity contribution < 1.29 is 18.7 Å². The summed E-state index contributed by atoms with van der Waals surface area (Å²) in [6, 6.07) is 8.53. The molecule has 0 atom stereocenters. The molecular weight excluding hydrogens is 251 g/mol. The van der Waals surface area contributed by atoms with Crippen LogP contribution in [0.2, 0.25) is 0 Å². The van der Waals surface area contributed by atoms with Gasteiger partial charge in [-0.15, -0.1) is 0 Å². The molecule has 1 heterocycles. The van der Waals surface area contributed by atoms with Crippen LogP contribution < -0.4 is 9.47 Å². The fourth-order valence-corrected chi connectivity index (χ4v) is 1.45. The lowest BCUT2D eigenvalue weighted by atomic mass is 10.3. The van der Waals surface area contributed by atoms with E-state index < -0.39 is 11.8 Å². The van der Waals surface area contributed by atoms with Gasteiger partial charge in [0, 0.05) is 6.07 Å². The highest BCUT2D eigenvalue weighted by atomic mass is 19.1. The lowest BCUT2D eigenvalue weighted by Crippen LogP contribution is -2.09. The number of rotatable bonds is 3. The van der Waals surface area contributed by atoms with Crippen LogP contribution in [0.4, 0.5) is 4.39 Å². The number of nitrogens with one attached hydrogen (secondary N) is 1. The zero-order valence-corrected chi connectivity index (χ0v) is 9.94. The Morgan fingerprint density at radius 3 is 2.74 bits per heavy atom. The first kappa shape index (κ1) is 12.6. The average Bonchev–Trinajstić information content (AvgIpc) is 2.88. The number of methoxy groups -OCH3 is 1. The lowest BCUT2D eigenvalue weighted by Gasteiger charge is -2.05. The Labute approximate surface area is 108 Å². The number of esters is 1. The zero-order chi connectivity index (χ0) is 13.8. The van der Waals surface area contributed by atoms with Gasteiger partial charge >= 0.3 is 5.97 Å². The van der Waals surface area contributed by atoms with Crippen molar-refractivity contribution in [2.24, 2.45) is 0 Å². The highest BCUT2D eigenvalue weighted by Crippen LogP contribution is 2.22. The molecule has 0 spiro atoms. The van der Waals surface area contributed by atoms with Gasteiger partial charge in [0.2, 0.25) is 0 Å². The highest BCUT2D eigenvalue weighted by molar-refractivity contribution is 5.89. The SMILES string of the molecule is COc1ccc(OC(=O)c2ccc(C#N)[nH]2)cc1F. The van der Waals surface area contributed by atoms with Gasteiger partial charge < -0.3 is 14.5 Å². The summed E-state index contributed by atoms with van der Waals surface area (Å²) in [5, 5.41) is 8.62. The van der Waals surface area contributed by atoms with Crippen molar-refractivity contribution in [1.82, 2.24) is 4.98 Å². The van der Waals surface area contributed by atoms with Gasteiger partial charge in [-0.25, -0.2) is 9.18 Å². The van der Waals surface area contributed by atoms with Gasteiger partial charge in [-0.3, -0.25) is 0 Å². The third-order valence-corrected chi connectivity index (χ3v) is 2.36. The van der Waals surface area contributed by atoms with Crippen LogP contribution in [-0.2, 0) is 0 Å². The maximum absolute atomic E-state index is 13.4. The van der Waals surface area contributed by atoms with Crippen molar-refractivity contribution in [1.29, 1.82) is 5.26 Å². The number of nitrogens with zero attached hydrogens (tertiary/aromatic N) is 1. The van der Waals surface area contributed by atoms with E-state index in [1.165, 1.54) is 31.4 Å². The fourth-order valence-electron chi connectivity index (χ4n) is 1.45. The quantitative estimate of drug-likeness (QED) is 0.678. The minimum absolute atomic E-state index is 0.0522. The molecular formula is C13H9FN2O3. The first-order valence-corrected chi connectivity index (χ1v) is 5.29. The van der Waals surface area contributed by atoms with Crippen LogP contribution >= 0.6 is 0 Å². The fraction of sp³-hybridized carbons (Fsp3) is 0.0769. The number of aromatic amines is 1. The van der Waals surface area contributed by atoms with Gasteiger partial charge in [-0.05, 0) is 24.3 Å². The molecule has 0 radical (unpaired) electrons. The third kappa shape index (κ3) is 2.72. The summed E-state index contributed by atoms with van der Waals surface area (Å²) in [4.78, 5) is 14.3. The van der Waals surface area contributed by atoms with Crippen molar-refractivity contribution in [3.63, 3.8) is 0 Å². The molecule has 5 nitrogen and oxygen atoms in total. The number of hydrogen-bond acceptors (Lipinski definition) is 4. The average molecular weight is 260 g/mol. The Balaban J connectivity index is 2.15. The number of carbonyl (C=O) groups is 1. The zero-order valence-electron chi connectivity index (χ0n) is 9.94. The van der Waals surface area contributed by atoms with Gasteiger partial charge in [-0.1, -0.05) is 0 Å². The molecule has 6 heteroatoms. The molecule has 1 aromatic heterocycles. The predicted octanol–water partition coefficient (Wildman–Crippen LogP) is 2.25. The summed E-state index contributed by atoms with van der Waals surface area (Å²) >= 11 is 0. The predicted molar refractivity (Wildman–Crippen MR) is 63.4 cm³/mol. The van der Waals surface area contributed by atoms with Crippen molar-refractivity contribution in [3.05, 3.63) is 47.5 Å². The van der Waals surface area contributed by atoms with Gasteiger partial charge in [0.1, 0.15) is 23.2 Å². The summed E-state index contributed by atoms with van der Waals surface area (Å²) in [5.74, 6) is -1.22. The molecule has 0 saturated heterocycles. The maximum atomic E-state index is 13.4. The van der Waals surface area contributed by atoms with E-state index in [9.17, 15) is 9.18 Å². The summed E-state index contributed by atoms with van der Waals surface area (Å²) in [5.41, 5.74) is 0.362. The van der Waals surface area contributed by atoms with Crippen molar-refractivity contribution in [2.75, 3.05) is 7.11 Å². The van der Waals surface area contributed by atoms with E-state index in [1.807, 2.05) is 6.07 Å². The van der Waals surface area contributed by atoms with Gasteiger partial charge in [0.15, 0.2) is 11.6 Å². The van der Waals surface area contributed by atoms with E-state index >= 15 is 0 Å². The van der Waals surface area contributed by atoms with Crippen LogP contribution in [0.25, 0.3) is 0 Å². The smallest absolute Gasteiger partial charge is 0.360 e. The van der Waals surface area contributed by atoms with Crippen LogP contribution in [0.5, 0.6) is 11.5 Å². The molecule has 2 rings (SSSR count). The molecule has 0 aliphatic carbocycles. The monoisotopic (exact) mass is 260 g/mol. The normalized spacial score (nSPS) is 9.74. The molecule has 2 aromatic rings. The maximum Gasteiger partial charge on any atom is 0.360 e. The first-order chi connectivity index (χ1) is 9.13. The standard InChI is InChI=1S/C13H9FN2O3/c1-18-12-5-3-9(6-10(12)14)19-13(17)11-4-2-8(7-15)16-11/h2-6,16H,1H3. The molecule has 19 heavy (non-hydrogen) atoms. The molecule has 0 amide bonds. The molecule has 1 N–H and O–H groups in total. The first-order valence-electron chi connectivity index (χ1n) is 5.29. The molecule has 0 aliphatic heterocycles. The topological polar surface area (TPSA) is 75.1 Å². The van der Waals surface area contributed by atoms with Gasteiger partial charge in [-0.2, -0.15) is 5.26 Å². The molecule has 0 saturated carbocycles. The second-order valence-electron chi connectivity index (χ2n) is 3.58. The number of H-pyrrole nitrogens is 1. The number of aromatic nitrogens is 1. The van der Waals surface area contributed by atoms with Crippen molar-refractivity contribution in [2.45, 2.75) is 0 Å². The Hall–Kier alpha value is -2.81. The number of hydrogen-bond donors (Lipinski definition) is 1. The van der Waals surface area contributed by atoms with Crippen LogP contribution in [0.1, 0.15) is 16.2 Å². The summed E-state index contributed by atoms with van der Waals surface area (Å²) in [7, 11) is 1.34. The number of nitriles is 1. The second-order valence-corrected chi connectivity index (χ2v) is 3.58. The molecule has 0 unspecified atom stereocenters. The minimum atomic E-state index is -0.703. The number of carbonyl (C=O) groups excluding carboxylic acids is 1. The Morgan fingerprint density at radius 1 is 1.37 bits per heavy atom. The molecule has 0 bridgehead atoms. The van der Waals surface area contributed by atoms with Crippen molar-refractivity contribution >= 4 is 5.97 Å². The van der Waals surface area contributed by atoms with Crippen LogP contribution in [0.3, 0.4) is 0 Å². The van der Waals surface area contributed by atoms with E-state index in [4.69, 9.17) is 14.7 Å². The van der Waals surface area contributed by atoms with E-state index in [-0.39, 0.29) is 22.9 Å². The highest BCUT2D eigenvalue weighted by Gasteiger charge is 2.12. The molecule has 0 fully saturated rings. The van der Waals surface area contributed by atoms with Crippen LogP contribution in [-0.4, -0.2) is 18.1 Å². The summed E-state index contributed by atoms with van der Waals surface area (Å²) < 4.78 is 23.1. The molecule has 96 valence electrons. The molecule has 1 aromatic carbocycles. The van der Waals surface area contributed by atoms with E-state index in [0.717, 1.165) is 6.07 Å². The van der Waals surface area contributed by atoms with E-state index in [0.29, 0.717) is 0 Å². The van der Waals surface area contributed by atoms with Gasteiger partial charge in [0.25, 0.3) is 0 Å². The second kappa shape index (κ2) is 5.23. The number of benzene rings is 1. The summed E-state index contributed by atoms with van der Waals surface area (Å²) in [6.45, 7) is 0. The van der Waals surface area contributed by atoms with Crippen molar-refractivity contribution in [3.8, 4) is 17.6 Å². The van der Waals surface area contributed by atoms with Crippen LogP contribution in [0.15, 0.2) is 30.3 Å². The minimum Gasteiger partial charge on any atom is -0.494 e. The molecule has 0 aliphatic rings. The lowest BCUT2D eigenvalue weighted by molar-refractivity contribution is 0.0728. The van der Waals surface area contributed by atoms with E-state index in [1.54, 1.807) is 0 Å². The van der Waals surface area contributed by atoms with Crippen LogP contribution in [0, 0.1) is 17.1 Å². The Bertz CT molecular complexity index is 658. The van der Waals surface area contributed by atoms with Gasteiger partial charge in [0.05, 0.1) is 7.11 Å². The Kier molecular flexibility index (Phi) is 3.48.